The van der Waals surface area contributed by atoms with Gasteiger partial charge < -0.3 is 10.6 Å². The van der Waals surface area contributed by atoms with E-state index < -0.39 is 0 Å². The Kier molecular flexibility index (Phi) is 6.06. The van der Waals surface area contributed by atoms with Crippen molar-refractivity contribution >= 4 is 30.6 Å². The van der Waals surface area contributed by atoms with Gasteiger partial charge in [-0.3, -0.25) is 4.68 Å². The molecule has 4 rings (SSSR count). The van der Waals surface area contributed by atoms with Crippen molar-refractivity contribution in [3.05, 3.63) is 23.9 Å². The van der Waals surface area contributed by atoms with Gasteiger partial charge in [0, 0.05) is 13.1 Å². The predicted molar refractivity (Wildman–Crippen MR) is 100.0 cm³/mol. The third-order valence-electron chi connectivity index (χ3n) is 5.04. The molecule has 1 aliphatic carbocycles. The van der Waals surface area contributed by atoms with Crippen LogP contribution >= 0.6 is 24.8 Å². The fraction of sp³-hybridized carbons (Fsp3) is 0.562. The summed E-state index contributed by atoms with van der Waals surface area (Å²) in [6.45, 7) is 4.39. The van der Waals surface area contributed by atoms with E-state index in [1.807, 2.05) is 37.0 Å². The second-order valence-corrected chi connectivity index (χ2v) is 6.59. The van der Waals surface area contributed by atoms with Gasteiger partial charge in [-0.25, -0.2) is 0 Å². The molecule has 3 atom stereocenters. The fourth-order valence-electron chi connectivity index (χ4n) is 3.94. The zero-order valence-corrected chi connectivity index (χ0v) is 15.5. The zero-order valence-electron chi connectivity index (χ0n) is 13.9. The van der Waals surface area contributed by atoms with Gasteiger partial charge in [-0.15, -0.1) is 35.0 Å². The van der Waals surface area contributed by atoms with Crippen LogP contribution in [0.1, 0.15) is 18.4 Å². The number of hydrogen-bond donors (Lipinski definition) is 2. The standard InChI is InChI=1S/C16H22N6.2ClH/c1-10-7-18-22(2)16(10)14-3-4-15(21-20-14)19-13-5-11-8-17-9-12(11)6-13;;/h3-4,7,11-13,17H,5-6,8-9H2,1-2H3,(H,19,21);2*1H/t11-,12+,13?;;. The summed E-state index contributed by atoms with van der Waals surface area (Å²) >= 11 is 0. The maximum absolute atomic E-state index is 4.37. The molecule has 0 amide bonds. The van der Waals surface area contributed by atoms with Crippen LogP contribution in [0.5, 0.6) is 0 Å². The van der Waals surface area contributed by atoms with E-state index in [2.05, 4.69) is 25.9 Å². The molecule has 132 valence electrons. The van der Waals surface area contributed by atoms with Crippen molar-refractivity contribution in [3.8, 4) is 11.4 Å². The third-order valence-corrected chi connectivity index (χ3v) is 5.04. The molecule has 6 nitrogen and oxygen atoms in total. The van der Waals surface area contributed by atoms with Crippen LogP contribution in [0, 0.1) is 18.8 Å². The normalized spacial score (nSPS) is 24.8. The van der Waals surface area contributed by atoms with Crippen molar-refractivity contribution in [3.63, 3.8) is 0 Å². The highest BCUT2D eigenvalue weighted by Gasteiger charge is 2.37. The average Bonchev–Trinajstić information content (AvgIpc) is 3.16. The van der Waals surface area contributed by atoms with Crippen molar-refractivity contribution in [2.75, 3.05) is 18.4 Å². The highest BCUT2D eigenvalue weighted by atomic mass is 35.5. The van der Waals surface area contributed by atoms with Gasteiger partial charge in [-0.05, 0) is 62.4 Å². The Morgan fingerprint density at radius 3 is 2.38 bits per heavy atom. The van der Waals surface area contributed by atoms with Crippen molar-refractivity contribution < 1.29 is 0 Å². The van der Waals surface area contributed by atoms with Crippen LogP contribution < -0.4 is 10.6 Å². The molecule has 1 unspecified atom stereocenters. The third kappa shape index (κ3) is 3.50. The number of aryl methyl sites for hydroxylation is 2. The minimum Gasteiger partial charge on any atom is -0.366 e. The highest BCUT2D eigenvalue weighted by molar-refractivity contribution is 5.85. The predicted octanol–water partition coefficient (Wildman–Crippen LogP) is 2.44. The number of rotatable bonds is 3. The number of halogens is 2. The van der Waals surface area contributed by atoms with Crippen LogP contribution in [-0.4, -0.2) is 39.1 Å². The summed E-state index contributed by atoms with van der Waals surface area (Å²) in [7, 11) is 1.93. The summed E-state index contributed by atoms with van der Waals surface area (Å²) in [5, 5.41) is 20.0. The molecular weight excluding hydrogens is 347 g/mol. The second kappa shape index (κ2) is 7.68. The summed E-state index contributed by atoms with van der Waals surface area (Å²) in [6.07, 6.45) is 4.33. The van der Waals surface area contributed by atoms with Crippen LogP contribution in [0.15, 0.2) is 18.3 Å². The Morgan fingerprint density at radius 1 is 1.12 bits per heavy atom. The Balaban J connectivity index is 0.00000104. The first-order chi connectivity index (χ1) is 10.7. The smallest absolute Gasteiger partial charge is 0.148 e. The molecule has 24 heavy (non-hydrogen) atoms. The van der Waals surface area contributed by atoms with Gasteiger partial charge in [-0.2, -0.15) is 5.10 Å². The summed E-state index contributed by atoms with van der Waals surface area (Å²) < 4.78 is 1.84. The number of aromatic nitrogens is 4. The first-order valence-corrected chi connectivity index (χ1v) is 8.00. The summed E-state index contributed by atoms with van der Waals surface area (Å²) in [4.78, 5) is 0. The molecule has 0 bridgehead atoms. The summed E-state index contributed by atoms with van der Waals surface area (Å²) in [5.74, 6) is 2.55. The lowest BCUT2D eigenvalue weighted by Gasteiger charge is -2.14. The molecule has 2 aromatic heterocycles. The molecule has 0 radical (unpaired) electrons. The van der Waals surface area contributed by atoms with Crippen molar-refractivity contribution in [2.24, 2.45) is 18.9 Å². The van der Waals surface area contributed by atoms with Gasteiger partial charge in [0.1, 0.15) is 11.5 Å². The van der Waals surface area contributed by atoms with E-state index in [1.54, 1.807) is 0 Å². The summed E-state index contributed by atoms with van der Waals surface area (Å²) in [5.41, 5.74) is 3.02. The van der Waals surface area contributed by atoms with E-state index in [-0.39, 0.29) is 24.8 Å². The van der Waals surface area contributed by atoms with E-state index in [0.717, 1.165) is 34.6 Å². The molecular formula is C16H24Cl2N6. The number of anilines is 1. The fourth-order valence-corrected chi connectivity index (χ4v) is 3.94. The van der Waals surface area contributed by atoms with Crippen LogP contribution in [0.2, 0.25) is 0 Å². The van der Waals surface area contributed by atoms with Gasteiger partial charge in [-0.1, -0.05) is 0 Å². The first-order valence-electron chi connectivity index (χ1n) is 8.00. The van der Waals surface area contributed by atoms with Crippen LogP contribution in [0.3, 0.4) is 0 Å². The van der Waals surface area contributed by atoms with Gasteiger partial charge in [0.05, 0.1) is 11.9 Å². The maximum atomic E-state index is 4.37. The highest BCUT2D eigenvalue weighted by Crippen LogP contribution is 2.35. The quantitative estimate of drug-likeness (QED) is 0.868. The molecule has 0 spiro atoms. The Bertz CT molecular complexity index is 640. The van der Waals surface area contributed by atoms with Gasteiger partial charge in [0.25, 0.3) is 0 Å². The van der Waals surface area contributed by atoms with E-state index in [9.17, 15) is 0 Å². The van der Waals surface area contributed by atoms with E-state index in [4.69, 9.17) is 0 Å². The molecule has 2 fully saturated rings. The second-order valence-electron chi connectivity index (χ2n) is 6.59. The summed E-state index contributed by atoms with van der Waals surface area (Å²) in [6, 6.07) is 4.59. The minimum atomic E-state index is 0. The minimum absolute atomic E-state index is 0. The SMILES string of the molecule is Cc1cnn(C)c1-c1ccc(NC2C[C@H]3CNC[C@H]3C2)nn1.Cl.Cl. The molecule has 2 aromatic rings. The zero-order chi connectivity index (χ0) is 15.1. The number of hydrogen-bond acceptors (Lipinski definition) is 5. The number of nitrogens with one attached hydrogen (secondary N) is 2. The topological polar surface area (TPSA) is 67.7 Å². The first kappa shape index (κ1) is 19.0. The Hall–Kier alpha value is -1.37. The van der Waals surface area contributed by atoms with E-state index >= 15 is 0 Å². The van der Waals surface area contributed by atoms with Crippen molar-refractivity contribution in [2.45, 2.75) is 25.8 Å². The van der Waals surface area contributed by atoms with Gasteiger partial charge in [0.2, 0.25) is 0 Å². The molecule has 1 aliphatic heterocycles. The van der Waals surface area contributed by atoms with E-state index in [1.165, 1.54) is 25.9 Å². The molecule has 8 heteroatoms. The molecule has 1 saturated heterocycles. The van der Waals surface area contributed by atoms with Crippen LogP contribution in [0.4, 0.5) is 5.82 Å². The van der Waals surface area contributed by atoms with Crippen molar-refractivity contribution in [1.82, 2.24) is 25.3 Å². The van der Waals surface area contributed by atoms with E-state index in [0.29, 0.717) is 6.04 Å². The molecule has 3 heterocycles. The number of nitrogens with zero attached hydrogens (tertiary/aromatic N) is 4. The van der Waals surface area contributed by atoms with Gasteiger partial charge >= 0.3 is 0 Å². The molecule has 0 aromatic carbocycles. The monoisotopic (exact) mass is 370 g/mol. The Labute approximate surface area is 154 Å². The average molecular weight is 371 g/mol. The van der Waals surface area contributed by atoms with Gasteiger partial charge in [0.15, 0.2) is 0 Å². The van der Waals surface area contributed by atoms with Crippen molar-refractivity contribution in [1.29, 1.82) is 0 Å². The lowest BCUT2D eigenvalue weighted by atomic mass is 10.0. The molecule has 1 saturated carbocycles. The lowest BCUT2D eigenvalue weighted by molar-refractivity contribution is 0.494. The maximum Gasteiger partial charge on any atom is 0.148 e. The Morgan fingerprint density at radius 2 is 1.83 bits per heavy atom. The molecule has 2 aliphatic rings. The largest absolute Gasteiger partial charge is 0.366 e. The molecule has 2 N–H and O–H groups in total. The van der Waals surface area contributed by atoms with Crippen LogP contribution in [-0.2, 0) is 7.05 Å². The lowest BCUT2D eigenvalue weighted by Crippen LogP contribution is -2.21. The van der Waals surface area contributed by atoms with Crippen LogP contribution in [0.25, 0.3) is 11.4 Å². The number of fused-ring (bicyclic) bond motifs is 1.